The molecule has 2 amide bonds. The molecule has 0 aliphatic carbocycles. The van der Waals surface area contributed by atoms with Gasteiger partial charge < -0.3 is 14.6 Å². The van der Waals surface area contributed by atoms with Crippen LogP contribution < -0.4 is 5.32 Å². The van der Waals surface area contributed by atoms with E-state index in [9.17, 15) is 9.59 Å². The van der Waals surface area contributed by atoms with Crippen molar-refractivity contribution in [2.45, 2.75) is 26.2 Å². The van der Waals surface area contributed by atoms with Gasteiger partial charge in [-0.1, -0.05) is 6.07 Å². The van der Waals surface area contributed by atoms with E-state index in [1.165, 1.54) is 12.5 Å². The number of nitrogens with zero attached hydrogens (tertiary/aromatic N) is 2. The van der Waals surface area contributed by atoms with Crippen molar-refractivity contribution >= 4 is 11.8 Å². The highest BCUT2D eigenvalue weighted by molar-refractivity contribution is 5.94. The molecule has 0 atom stereocenters. The van der Waals surface area contributed by atoms with Gasteiger partial charge in [-0.05, 0) is 43.9 Å². The number of pyridine rings is 1. The molecule has 0 radical (unpaired) electrons. The van der Waals surface area contributed by atoms with E-state index in [-0.39, 0.29) is 17.7 Å². The summed E-state index contributed by atoms with van der Waals surface area (Å²) in [6.07, 6.45) is 6.90. The third kappa shape index (κ3) is 4.26. The van der Waals surface area contributed by atoms with Crippen LogP contribution >= 0.6 is 0 Å². The van der Waals surface area contributed by atoms with E-state index >= 15 is 0 Å². The van der Waals surface area contributed by atoms with Crippen LogP contribution in [0.3, 0.4) is 0 Å². The van der Waals surface area contributed by atoms with Gasteiger partial charge in [-0.25, -0.2) is 0 Å². The van der Waals surface area contributed by atoms with Gasteiger partial charge in [-0.2, -0.15) is 0 Å². The average Bonchev–Trinajstić information content (AvgIpc) is 3.17. The van der Waals surface area contributed by atoms with Gasteiger partial charge in [0, 0.05) is 37.4 Å². The molecule has 6 nitrogen and oxygen atoms in total. The van der Waals surface area contributed by atoms with E-state index in [1.54, 1.807) is 17.2 Å². The van der Waals surface area contributed by atoms with Crippen molar-refractivity contribution in [3.05, 3.63) is 53.7 Å². The van der Waals surface area contributed by atoms with Gasteiger partial charge in [0.1, 0.15) is 6.26 Å². The summed E-state index contributed by atoms with van der Waals surface area (Å²) in [5.74, 6) is 0.0278. The highest BCUT2D eigenvalue weighted by Crippen LogP contribution is 2.19. The average molecular weight is 341 g/mol. The molecule has 3 rings (SSSR count). The van der Waals surface area contributed by atoms with Crippen LogP contribution in [0.5, 0.6) is 0 Å². The maximum atomic E-state index is 12.3. The Kier molecular flexibility index (Phi) is 5.48. The second-order valence-corrected chi connectivity index (χ2v) is 6.37. The minimum atomic E-state index is -0.0281. The van der Waals surface area contributed by atoms with E-state index < -0.39 is 0 Å². The molecule has 1 fully saturated rings. The predicted molar refractivity (Wildman–Crippen MR) is 93.0 cm³/mol. The van der Waals surface area contributed by atoms with Crippen LogP contribution in [0.2, 0.25) is 0 Å². The van der Waals surface area contributed by atoms with Gasteiger partial charge >= 0.3 is 0 Å². The predicted octanol–water partition coefficient (Wildman–Crippen LogP) is 2.19. The van der Waals surface area contributed by atoms with Crippen molar-refractivity contribution in [3.8, 4) is 0 Å². The van der Waals surface area contributed by atoms with E-state index in [2.05, 4.69) is 10.3 Å². The highest BCUT2D eigenvalue weighted by Gasteiger charge is 2.27. The maximum absolute atomic E-state index is 12.3. The summed E-state index contributed by atoms with van der Waals surface area (Å²) in [5.41, 5.74) is 2.72. The molecule has 132 valence electrons. The number of piperidine rings is 1. The fourth-order valence-corrected chi connectivity index (χ4v) is 3.16. The molecule has 1 N–H and O–H groups in total. The van der Waals surface area contributed by atoms with Gasteiger partial charge in [0.2, 0.25) is 5.91 Å². The number of hydrogen-bond donors (Lipinski definition) is 1. The number of carbonyl (C=O) groups is 2. The largest absolute Gasteiger partial charge is 0.472 e. The Hall–Kier alpha value is -2.63. The van der Waals surface area contributed by atoms with E-state index in [4.69, 9.17) is 4.42 Å². The number of aryl methyl sites for hydroxylation is 1. The van der Waals surface area contributed by atoms with Crippen LogP contribution in [0.1, 0.15) is 34.5 Å². The van der Waals surface area contributed by atoms with Gasteiger partial charge in [0.15, 0.2) is 0 Å². The van der Waals surface area contributed by atoms with Crippen molar-refractivity contribution in [3.63, 3.8) is 0 Å². The number of nitrogens with one attached hydrogen (secondary N) is 1. The number of aromatic nitrogens is 1. The van der Waals surface area contributed by atoms with Crippen molar-refractivity contribution in [1.82, 2.24) is 15.2 Å². The molecule has 0 aromatic carbocycles. The molecule has 6 heteroatoms. The van der Waals surface area contributed by atoms with Crippen LogP contribution in [-0.4, -0.2) is 41.3 Å². The highest BCUT2D eigenvalue weighted by atomic mass is 16.3. The molecule has 25 heavy (non-hydrogen) atoms. The summed E-state index contributed by atoms with van der Waals surface area (Å²) in [6, 6.07) is 5.62. The number of furan rings is 1. The molecule has 0 spiro atoms. The summed E-state index contributed by atoms with van der Waals surface area (Å²) in [4.78, 5) is 30.6. The van der Waals surface area contributed by atoms with Crippen molar-refractivity contribution in [2.75, 3.05) is 19.6 Å². The topological polar surface area (TPSA) is 75.4 Å². The number of likely N-dealkylation sites (tertiary alicyclic amines) is 1. The Balaban J connectivity index is 1.42. The molecular weight excluding hydrogens is 318 g/mol. The normalized spacial score (nSPS) is 15.2. The smallest absolute Gasteiger partial charge is 0.257 e. The summed E-state index contributed by atoms with van der Waals surface area (Å²) in [6.45, 7) is 3.79. The lowest BCUT2D eigenvalue weighted by molar-refractivity contribution is -0.126. The minimum absolute atomic E-state index is 0.0246. The molecule has 1 aliphatic heterocycles. The fraction of sp³-hybridized carbons (Fsp3) is 0.421. The third-order valence-corrected chi connectivity index (χ3v) is 4.73. The number of hydrogen-bond acceptors (Lipinski definition) is 4. The molecule has 0 bridgehead atoms. The first-order valence-electron chi connectivity index (χ1n) is 8.65. The van der Waals surface area contributed by atoms with Gasteiger partial charge in [-0.15, -0.1) is 0 Å². The summed E-state index contributed by atoms with van der Waals surface area (Å²) >= 11 is 0. The molecule has 1 aliphatic rings. The molecule has 3 heterocycles. The van der Waals surface area contributed by atoms with Crippen LogP contribution in [-0.2, 0) is 11.2 Å². The lowest BCUT2D eigenvalue weighted by Crippen LogP contribution is -2.43. The molecule has 1 saturated heterocycles. The quantitative estimate of drug-likeness (QED) is 0.904. The van der Waals surface area contributed by atoms with E-state index in [1.807, 2.05) is 19.1 Å². The Morgan fingerprint density at radius 3 is 2.80 bits per heavy atom. The van der Waals surface area contributed by atoms with Crippen molar-refractivity contribution in [1.29, 1.82) is 0 Å². The molecule has 0 saturated carbocycles. The lowest BCUT2D eigenvalue weighted by Gasteiger charge is -2.31. The molecule has 2 aromatic heterocycles. The zero-order valence-corrected chi connectivity index (χ0v) is 14.4. The number of rotatable bonds is 5. The van der Waals surface area contributed by atoms with Gasteiger partial charge in [-0.3, -0.25) is 14.6 Å². The Labute approximate surface area is 147 Å². The Bertz CT molecular complexity index is 719. The van der Waals surface area contributed by atoms with E-state index in [0.29, 0.717) is 38.0 Å². The maximum Gasteiger partial charge on any atom is 0.257 e. The van der Waals surface area contributed by atoms with Crippen molar-refractivity contribution < 1.29 is 14.0 Å². The van der Waals surface area contributed by atoms with Crippen molar-refractivity contribution in [2.24, 2.45) is 5.92 Å². The third-order valence-electron chi connectivity index (χ3n) is 4.73. The first kappa shape index (κ1) is 17.2. The van der Waals surface area contributed by atoms with Crippen LogP contribution in [0, 0.1) is 12.8 Å². The molecule has 0 unspecified atom stereocenters. The Morgan fingerprint density at radius 1 is 1.32 bits per heavy atom. The first-order chi connectivity index (χ1) is 12.1. The lowest BCUT2D eigenvalue weighted by atomic mass is 9.95. The van der Waals surface area contributed by atoms with E-state index in [0.717, 1.165) is 17.7 Å². The van der Waals surface area contributed by atoms with Crippen LogP contribution in [0.15, 0.2) is 41.3 Å². The molecular formula is C19H23N3O3. The SMILES string of the molecule is Cc1ncccc1CCNC(=O)C1CCN(C(=O)c2ccoc2)CC1. The van der Waals surface area contributed by atoms with Gasteiger partial charge in [0.25, 0.3) is 5.91 Å². The van der Waals surface area contributed by atoms with Crippen LogP contribution in [0.25, 0.3) is 0 Å². The minimum Gasteiger partial charge on any atom is -0.472 e. The monoisotopic (exact) mass is 341 g/mol. The number of amides is 2. The van der Waals surface area contributed by atoms with Gasteiger partial charge in [0.05, 0.1) is 11.8 Å². The number of carbonyl (C=O) groups excluding carboxylic acids is 2. The molecule has 2 aromatic rings. The standard InChI is InChI=1S/C19H23N3O3/c1-14-15(3-2-8-20-14)4-9-21-18(23)16-5-10-22(11-6-16)19(24)17-7-12-25-13-17/h2-3,7-8,12-13,16H,4-6,9-11H2,1H3,(H,21,23). The second-order valence-electron chi connectivity index (χ2n) is 6.37. The second kappa shape index (κ2) is 7.96. The fourth-order valence-electron chi connectivity index (χ4n) is 3.16. The van der Waals surface area contributed by atoms with Crippen LogP contribution in [0.4, 0.5) is 0 Å². The summed E-state index contributed by atoms with van der Waals surface area (Å²) in [5, 5.41) is 3.01. The zero-order chi connectivity index (χ0) is 17.6. The zero-order valence-electron chi connectivity index (χ0n) is 14.4. The Morgan fingerprint density at radius 2 is 2.12 bits per heavy atom. The first-order valence-corrected chi connectivity index (χ1v) is 8.65. The summed E-state index contributed by atoms with van der Waals surface area (Å²) < 4.78 is 4.96. The summed E-state index contributed by atoms with van der Waals surface area (Å²) in [7, 11) is 0.